The van der Waals surface area contributed by atoms with Crippen molar-refractivity contribution in [2.75, 3.05) is 19.8 Å². The Hall–Kier alpha value is -2.92. The minimum Gasteiger partial charge on any atom is -0.486 e. The van der Waals surface area contributed by atoms with Crippen LogP contribution in [-0.2, 0) is 6.54 Å². The van der Waals surface area contributed by atoms with Crippen LogP contribution in [0.5, 0.6) is 11.5 Å². The van der Waals surface area contributed by atoms with Crippen LogP contribution in [0.4, 0.5) is 0 Å². The number of nitrogens with zero attached hydrogens (tertiary/aromatic N) is 3. The summed E-state index contributed by atoms with van der Waals surface area (Å²) in [6, 6.07) is 17.7. The van der Waals surface area contributed by atoms with Gasteiger partial charge in [0.25, 0.3) is 0 Å². The summed E-state index contributed by atoms with van der Waals surface area (Å²) < 4.78 is 11.5. The van der Waals surface area contributed by atoms with Crippen molar-refractivity contribution in [2.45, 2.75) is 39.3 Å². The molecule has 0 amide bonds. The second kappa shape index (κ2) is 8.07. The second-order valence-corrected chi connectivity index (χ2v) is 8.17. The monoisotopic (exact) mass is 401 g/mol. The van der Waals surface area contributed by atoms with E-state index in [4.69, 9.17) is 9.47 Å². The lowest BCUT2D eigenvalue weighted by molar-refractivity contribution is 0.170. The standard InChI is InChI=1S/C25H27N3O2/c1-17-14-22(27-18(2)26-17)20-7-5-19(6-8-20)16-28-11-3-4-23(28)21-9-10-24-25(15-21)30-13-12-29-24/h5-10,14-15,23H,3-4,11-13,16H2,1-2H3. The van der Waals surface area contributed by atoms with Crippen molar-refractivity contribution >= 4 is 0 Å². The molecule has 0 spiro atoms. The van der Waals surface area contributed by atoms with E-state index in [-0.39, 0.29) is 0 Å². The van der Waals surface area contributed by atoms with Gasteiger partial charge < -0.3 is 9.47 Å². The molecule has 5 nitrogen and oxygen atoms in total. The van der Waals surface area contributed by atoms with Crippen LogP contribution in [0.15, 0.2) is 48.5 Å². The summed E-state index contributed by atoms with van der Waals surface area (Å²) >= 11 is 0. The smallest absolute Gasteiger partial charge is 0.161 e. The summed E-state index contributed by atoms with van der Waals surface area (Å²) in [7, 11) is 0. The van der Waals surface area contributed by atoms with Crippen LogP contribution in [0.25, 0.3) is 11.3 Å². The number of hydrogen-bond donors (Lipinski definition) is 0. The van der Waals surface area contributed by atoms with Gasteiger partial charge in [0, 0.05) is 23.8 Å². The van der Waals surface area contributed by atoms with Crippen molar-refractivity contribution < 1.29 is 9.47 Å². The minimum atomic E-state index is 0.424. The van der Waals surface area contributed by atoms with Gasteiger partial charge in [0.05, 0.1) is 5.69 Å². The van der Waals surface area contributed by atoms with Crippen molar-refractivity contribution in [1.82, 2.24) is 14.9 Å². The summed E-state index contributed by atoms with van der Waals surface area (Å²) in [5.74, 6) is 2.55. The van der Waals surface area contributed by atoms with Crippen LogP contribution in [0.2, 0.25) is 0 Å². The summed E-state index contributed by atoms with van der Waals surface area (Å²) in [6.45, 7) is 7.27. The molecule has 2 aliphatic heterocycles. The van der Waals surface area contributed by atoms with E-state index in [2.05, 4.69) is 57.3 Å². The molecular formula is C25H27N3O2. The number of benzene rings is 2. The van der Waals surface area contributed by atoms with E-state index in [0.717, 1.165) is 47.4 Å². The highest BCUT2D eigenvalue weighted by Crippen LogP contribution is 2.38. The van der Waals surface area contributed by atoms with Crippen LogP contribution in [0.1, 0.15) is 41.5 Å². The third-order valence-electron chi connectivity index (χ3n) is 5.92. The van der Waals surface area contributed by atoms with E-state index in [1.165, 1.54) is 24.0 Å². The number of fused-ring (bicyclic) bond motifs is 1. The first-order chi connectivity index (χ1) is 14.7. The van der Waals surface area contributed by atoms with E-state index >= 15 is 0 Å². The molecule has 0 saturated carbocycles. The average Bonchev–Trinajstić information content (AvgIpc) is 3.21. The largest absolute Gasteiger partial charge is 0.486 e. The fraction of sp³-hybridized carbons (Fsp3) is 0.360. The van der Waals surface area contributed by atoms with Crippen LogP contribution in [-0.4, -0.2) is 34.6 Å². The Morgan fingerprint density at radius 3 is 2.53 bits per heavy atom. The Morgan fingerprint density at radius 2 is 1.73 bits per heavy atom. The van der Waals surface area contributed by atoms with Gasteiger partial charge in [-0.1, -0.05) is 30.3 Å². The fourth-order valence-electron chi connectivity index (χ4n) is 4.54. The Kier molecular flexibility index (Phi) is 5.13. The maximum atomic E-state index is 5.80. The molecular weight excluding hydrogens is 374 g/mol. The topological polar surface area (TPSA) is 47.5 Å². The van der Waals surface area contributed by atoms with E-state index in [9.17, 15) is 0 Å². The predicted octanol–water partition coefficient (Wildman–Crippen LogP) is 4.87. The molecule has 0 N–H and O–H groups in total. The highest BCUT2D eigenvalue weighted by atomic mass is 16.6. The van der Waals surface area contributed by atoms with Gasteiger partial charge in [-0.2, -0.15) is 0 Å². The van der Waals surface area contributed by atoms with Gasteiger partial charge in [0.15, 0.2) is 11.5 Å². The van der Waals surface area contributed by atoms with E-state index in [1.54, 1.807) is 0 Å². The van der Waals surface area contributed by atoms with Gasteiger partial charge in [-0.25, -0.2) is 9.97 Å². The van der Waals surface area contributed by atoms with Gasteiger partial charge in [-0.05, 0) is 62.6 Å². The molecule has 1 unspecified atom stereocenters. The van der Waals surface area contributed by atoms with Gasteiger partial charge in [0.1, 0.15) is 19.0 Å². The SMILES string of the molecule is Cc1cc(-c2ccc(CN3CCCC3c3ccc4c(c3)OCCO4)cc2)nc(C)n1. The minimum absolute atomic E-state index is 0.424. The van der Waals surface area contributed by atoms with Crippen molar-refractivity contribution in [3.63, 3.8) is 0 Å². The fourth-order valence-corrected chi connectivity index (χ4v) is 4.54. The zero-order chi connectivity index (χ0) is 20.5. The third kappa shape index (κ3) is 3.90. The molecule has 30 heavy (non-hydrogen) atoms. The Balaban J connectivity index is 1.32. The molecule has 0 bridgehead atoms. The number of likely N-dealkylation sites (tertiary alicyclic amines) is 1. The highest BCUT2D eigenvalue weighted by Gasteiger charge is 2.27. The van der Waals surface area contributed by atoms with Crippen molar-refractivity contribution in [3.8, 4) is 22.8 Å². The Morgan fingerprint density at radius 1 is 0.933 bits per heavy atom. The summed E-state index contributed by atoms with van der Waals surface area (Å²) in [5, 5.41) is 0. The van der Waals surface area contributed by atoms with Crippen molar-refractivity contribution in [2.24, 2.45) is 0 Å². The van der Waals surface area contributed by atoms with Gasteiger partial charge in [0.2, 0.25) is 0 Å². The second-order valence-electron chi connectivity index (χ2n) is 8.17. The summed E-state index contributed by atoms with van der Waals surface area (Å²) in [4.78, 5) is 11.5. The molecule has 1 aromatic heterocycles. The van der Waals surface area contributed by atoms with Gasteiger partial charge in [-0.15, -0.1) is 0 Å². The van der Waals surface area contributed by atoms with Crippen molar-refractivity contribution in [1.29, 1.82) is 0 Å². The number of hydrogen-bond acceptors (Lipinski definition) is 5. The molecule has 5 rings (SSSR count). The highest BCUT2D eigenvalue weighted by molar-refractivity contribution is 5.59. The lowest BCUT2D eigenvalue weighted by Gasteiger charge is -2.26. The quantitative estimate of drug-likeness (QED) is 0.624. The van der Waals surface area contributed by atoms with E-state index in [1.807, 2.05) is 19.9 Å². The molecule has 3 aromatic rings. The average molecular weight is 402 g/mol. The van der Waals surface area contributed by atoms with E-state index < -0.39 is 0 Å². The maximum Gasteiger partial charge on any atom is 0.161 e. The molecule has 1 saturated heterocycles. The lowest BCUT2D eigenvalue weighted by atomic mass is 10.0. The predicted molar refractivity (Wildman–Crippen MR) is 117 cm³/mol. The van der Waals surface area contributed by atoms with Crippen LogP contribution in [0, 0.1) is 13.8 Å². The summed E-state index contributed by atoms with van der Waals surface area (Å²) in [6.07, 6.45) is 2.40. The normalized spacial score (nSPS) is 18.5. The van der Waals surface area contributed by atoms with E-state index in [0.29, 0.717) is 19.3 Å². The molecule has 1 fully saturated rings. The molecule has 1 atom stereocenters. The first-order valence-electron chi connectivity index (χ1n) is 10.7. The number of aryl methyl sites for hydroxylation is 2. The Labute approximate surface area is 177 Å². The first kappa shape index (κ1) is 19.1. The molecule has 3 heterocycles. The molecule has 154 valence electrons. The number of aromatic nitrogens is 2. The molecule has 5 heteroatoms. The summed E-state index contributed by atoms with van der Waals surface area (Å²) in [5.41, 5.74) is 5.77. The molecule has 0 aliphatic carbocycles. The molecule has 2 aromatic carbocycles. The first-order valence-corrected chi connectivity index (χ1v) is 10.7. The number of ether oxygens (including phenoxy) is 2. The van der Waals surface area contributed by atoms with Crippen LogP contribution >= 0.6 is 0 Å². The zero-order valence-electron chi connectivity index (χ0n) is 17.6. The van der Waals surface area contributed by atoms with Crippen LogP contribution < -0.4 is 9.47 Å². The van der Waals surface area contributed by atoms with Gasteiger partial charge in [-0.3, -0.25) is 4.90 Å². The van der Waals surface area contributed by atoms with Crippen LogP contribution in [0.3, 0.4) is 0 Å². The molecule has 2 aliphatic rings. The zero-order valence-corrected chi connectivity index (χ0v) is 17.6. The number of rotatable bonds is 4. The third-order valence-corrected chi connectivity index (χ3v) is 5.92. The lowest BCUT2D eigenvalue weighted by Crippen LogP contribution is -2.23. The maximum absolute atomic E-state index is 5.80. The molecule has 0 radical (unpaired) electrons. The van der Waals surface area contributed by atoms with Crippen molar-refractivity contribution in [3.05, 3.63) is 71.2 Å². The Bertz CT molecular complexity index is 1030. The van der Waals surface area contributed by atoms with Gasteiger partial charge >= 0.3 is 0 Å².